The van der Waals surface area contributed by atoms with Crippen LogP contribution < -0.4 is 5.73 Å². The minimum atomic E-state index is -0.601. The number of rotatable bonds is 2. The fourth-order valence-corrected chi connectivity index (χ4v) is 3.30. The zero-order valence-corrected chi connectivity index (χ0v) is 12.4. The molecule has 2 N–H and O–H groups in total. The summed E-state index contributed by atoms with van der Waals surface area (Å²) in [7, 11) is 0. The molecule has 0 saturated carbocycles. The van der Waals surface area contributed by atoms with E-state index in [2.05, 4.69) is 9.97 Å². The standard InChI is InChI=1S/C15H13F2N3S/c1-7-8(2)21-15-13(7)14(18)19-12(20-15)5-9-3-4-10(16)6-11(9)17/h3-4,6H,5H2,1-2H3,(H2,18,19,20). The first-order valence-electron chi connectivity index (χ1n) is 6.41. The molecule has 2 aromatic heterocycles. The predicted molar refractivity (Wildman–Crippen MR) is 80.5 cm³/mol. The maximum absolute atomic E-state index is 13.7. The summed E-state index contributed by atoms with van der Waals surface area (Å²) in [4.78, 5) is 10.6. The first-order chi connectivity index (χ1) is 9.95. The van der Waals surface area contributed by atoms with Gasteiger partial charge in [-0.15, -0.1) is 11.3 Å². The van der Waals surface area contributed by atoms with Crippen LogP contribution in [0, 0.1) is 25.5 Å². The number of nitrogen functional groups attached to an aromatic ring is 1. The van der Waals surface area contributed by atoms with E-state index in [0.29, 0.717) is 17.2 Å². The van der Waals surface area contributed by atoms with Gasteiger partial charge >= 0.3 is 0 Å². The summed E-state index contributed by atoms with van der Waals surface area (Å²) in [6.07, 6.45) is 0.183. The molecule has 0 amide bonds. The number of aromatic nitrogens is 2. The first kappa shape index (κ1) is 13.9. The first-order valence-corrected chi connectivity index (χ1v) is 7.23. The average Bonchev–Trinajstić information content (AvgIpc) is 2.69. The number of halogens is 2. The van der Waals surface area contributed by atoms with Crippen molar-refractivity contribution in [3.63, 3.8) is 0 Å². The second-order valence-electron chi connectivity index (χ2n) is 4.90. The maximum atomic E-state index is 13.7. The lowest BCUT2D eigenvalue weighted by molar-refractivity contribution is 0.573. The zero-order chi connectivity index (χ0) is 15.1. The summed E-state index contributed by atoms with van der Waals surface area (Å²) in [5.41, 5.74) is 7.41. The number of benzene rings is 1. The van der Waals surface area contributed by atoms with Gasteiger partial charge in [0.05, 0.1) is 5.39 Å². The van der Waals surface area contributed by atoms with Crippen LogP contribution in [-0.2, 0) is 6.42 Å². The lowest BCUT2D eigenvalue weighted by atomic mass is 10.1. The highest BCUT2D eigenvalue weighted by molar-refractivity contribution is 7.18. The van der Waals surface area contributed by atoms with Crippen molar-refractivity contribution in [1.29, 1.82) is 0 Å². The Balaban J connectivity index is 2.05. The molecule has 108 valence electrons. The topological polar surface area (TPSA) is 51.8 Å². The number of thiophene rings is 1. The third-order valence-electron chi connectivity index (χ3n) is 3.47. The van der Waals surface area contributed by atoms with E-state index in [9.17, 15) is 8.78 Å². The highest BCUT2D eigenvalue weighted by Gasteiger charge is 2.14. The van der Waals surface area contributed by atoms with Gasteiger partial charge in [0.1, 0.15) is 28.1 Å². The van der Waals surface area contributed by atoms with E-state index in [1.807, 2.05) is 13.8 Å². The second-order valence-corrected chi connectivity index (χ2v) is 6.10. The third kappa shape index (κ3) is 2.47. The molecule has 0 unspecified atom stereocenters. The molecular formula is C15H13F2N3S. The van der Waals surface area contributed by atoms with Gasteiger partial charge in [0.25, 0.3) is 0 Å². The average molecular weight is 305 g/mol. The largest absolute Gasteiger partial charge is 0.383 e. The van der Waals surface area contributed by atoms with Gasteiger partial charge in [-0.25, -0.2) is 18.7 Å². The van der Waals surface area contributed by atoms with E-state index in [1.165, 1.54) is 23.5 Å². The Morgan fingerprint density at radius 1 is 1.19 bits per heavy atom. The number of nitrogens with zero attached hydrogens (tertiary/aromatic N) is 2. The van der Waals surface area contributed by atoms with Gasteiger partial charge < -0.3 is 5.73 Å². The number of anilines is 1. The fourth-order valence-electron chi connectivity index (χ4n) is 2.24. The highest BCUT2D eigenvalue weighted by atomic mass is 32.1. The normalized spacial score (nSPS) is 11.2. The van der Waals surface area contributed by atoms with Gasteiger partial charge in [0, 0.05) is 17.4 Å². The Hall–Kier alpha value is -2.08. The number of fused-ring (bicyclic) bond motifs is 1. The predicted octanol–water partition coefficient (Wildman–Crippen LogP) is 3.76. The van der Waals surface area contributed by atoms with Gasteiger partial charge in [0.2, 0.25) is 0 Å². The number of hydrogen-bond acceptors (Lipinski definition) is 4. The monoisotopic (exact) mass is 305 g/mol. The minimum Gasteiger partial charge on any atom is -0.383 e. The van der Waals surface area contributed by atoms with Crippen LogP contribution in [0.2, 0.25) is 0 Å². The van der Waals surface area contributed by atoms with Crippen molar-refractivity contribution in [3.05, 3.63) is 51.7 Å². The van der Waals surface area contributed by atoms with Gasteiger partial charge in [-0.3, -0.25) is 0 Å². The summed E-state index contributed by atoms with van der Waals surface area (Å²) in [5, 5.41) is 0.862. The van der Waals surface area contributed by atoms with Crippen LogP contribution in [0.25, 0.3) is 10.2 Å². The molecule has 3 aromatic rings. The minimum absolute atomic E-state index is 0.183. The van der Waals surface area contributed by atoms with Crippen LogP contribution >= 0.6 is 11.3 Å². The molecule has 3 nitrogen and oxygen atoms in total. The number of aryl methyl sites for hydroxylation is 2. The lowest BCUT2D eigenvalue weighted by Crippen LogP contribution is -2.02. The van der Waals surface area contributed by atoms with E-state index < -0.39 is 11.6 Å². The van der Waals surface area contributed by atoms with Crippen LogP contribution in [0.1, 0.15) is 21.8 Å². The molecule has 0 atom stereocenters. The van der Waals surface area contributed by atoms with Gasteiger partial charge in [-0.1, -0.05) is 6.07 Å². The molecule has 0 bridgehead atoms. The van der Waals surface area contributed by atoms with E-state index in [1.54, 1.807) is 0 Å². The summed E-state index contributed by atoms with van der Waals surface area (Å²) in [5.74, 6) is -0.362. The molecule has 1 aromatic carbocycles. The Morgan fingerprint density at radius 2 is 1.95 bits per heavy atom. The molecule has 0 aliphatic carbocycles. The van der Waals surface area contributed by atoms with E-state index in [4.69, 9.17) is 5.73 Å². The molecule has 0 radical (unpaired) electrons. The molecule has 6 heteroatoms. The van der Waals surface area contributed by atoms with Crippen molar-refractivity contribution in [2.45, 2.75) is 20.3 Å². The van der Waals surface area contributed by atoms with Crippen LogP contribution in [0.4, 0.5) is 14.6 Å². The van der Waals surface area contributed by atoms with Gasteiger partial charge in [-0.05, 0) is 31.0 Å². The highest BCUT2D eigenvalue weighted by Crippen LogP contribution is 2.32. The smallest absolute Gasteiger partial charge is 0.136 e. The van der Waals surface area contributed by atoms with E-state index in [-0.39, 0.29) is 6.42 Å². The van der Waals surface area contributed by atoms with Crippen molar-refractivity contribution >= 4 is 27.4 Å². The lowest BCUT2D eigenvalue weighted by Gasteiger charge is -2.05. The summed E-state index contributed by atoms with van der Waals surface area (Å²) >= 11 is 1.54. The Kier molecular flexibility index (Phi) is 3.33. The van der Waals surface area contributed by atoms with E-state index >= 15 is 0 Å². The van der Waals surface area contributed by atoms with Crippen molar-refractivity contribution < 1.29 is 8.78 Å². The summed E-state index contributed by atoms with van der Waals surface area (Å²) < 4.78 is 26.6. The van der Waals surface area contributed by atoms with Crippen LogP contribution in [0.15, 0.2) is 18.2 Å². The quantitative estimate of drug-likeness (QED) is 0.784. The SMILES string of the molecule is Cc1sc2nc(Cc3ccc(F)cc3F)nc(N)c2c1C. The fraction of sp³-hybridized carbons (Fsp3) is 0.200. The molecule has 21 heavy (non-hydrogen) atoms. The molecule has 2 heterocycles. The van der Waals surface area contributed by atoms with Crippen LogP contribution in [0.5, 0.6) is 0 Å². The van der Waals surface area contributed by atoms with Gasteiger partial charge in [0.15, 0.2) is 0 Å². The molecule has 3 rings (SSSR count). The summed E-state index contributed by atoms with van der Waals surface area (Å²) in [6.45, 7) is 3.98. The Bertz CT molecular complexity index is 843. The summed E-state index contributed by atoms with van der Waals surface area (Å²) in [6, 6.07) is 3.48. The van der Waals surface area contributed by atoms with Crippen LogP contribution in [0.3, 0.4) is 0 Å². The zero-order valence-electron chi connectivity index (χ0n) is 11.6. The number of nitrogens with two attached hydrogens (primary N) is 1. The molecule has 0 aliphatic heterocycles. The van der Waals surface area contributed by atoms with Crippen molar-refractivity contribution in [3.8, 4) is 0 Å². The Morgan fingerprint density at radius 3 is 2.67 bits per heavy atom. The van der Waals surface area contributed by atoms with Crippen LogP contribution in [-0.4, -0.2) is 9.97 Å². The van der Waals surface area contributed by atoms with E-state index in [0.717, 1.165) is 26.7 Å². The molecule has 0 saturated heterocycles. The number of hydrogen-bond donors (Lipinski definition) is 1. The maximum Gasteiger partial charge on any atom is 0.136 e. The third-order valence-corrected chi connectivity index (χ3v) is 4.57. The van der Waals surface area contributed by atoms with Gasteiger partial charge in [-0.2, -0.15) is 0 Å². The molecule has 0 aliphatic rings. The van der Waals surface area contributed by atoms with Crippen molar-refractivity contribution in [1.82, 2.24) is 9.97 Å². The molecule has 0 spiro atoms. The molecular weight excluding hydrogens is 292 g/mol. The molecule has 0 fully saturated rings. The van der Waals surface area contributed by atoms with Crippen molar-refractivity contribution in [2.24, 2.45) is 0 Å². The Labute approximate surface area is 124 Å². The second kappa shape index (κ2) is 5.04. The van der Waals surface area contributed by atoms with Crippen molar-refractivity contribution in [2.75, 3.05) is 5.73 Å².